The van der Waals surface area contributed by atoms with Gasteiger partial charge in [-0.2, -0.15) is 0 Å². The van der Waals surface area contributed by atoms with Crippen LogP contribution >= 0.6 is 11.6 Å². The van der Waals surface area contributed by atoms with Crippen molar-refractivity contribution in [3.8, 4) is 33.4 Å². The number of fused-ring (bicyclic) bond motifs is 4. The van der Waals surface area contributed by atoms with Gasteiger partial charge in [0.1, 0.15) is 0 Å². The first-order valence-corrected chi connectivity index (χ1v) is 19.6. The molecule has 10 rings (SSSR count). The summed E-state index contributed by atoms with van der Waals surface area (Å²) in [5.41, 5.74) is 16.0. The van der Waals surface area contributed by atoms with Crippen molar-refractivity contribution in [1.82, 2.24) is 0 Å². The van der Waals surface area contributed by atoms with Crippen LogP contribution in [0.2, 0.25) is 5.02 Å². The normalized spacial score (nSPS) is 14.3. The Balaban J connectivity index is 1.17. The number of para-hydroxylation sites is 1. The maximum atomic E-state index is 7.11. The first kappa shape index (κ1) is 33.9. The molecule has 1 atom stereocenters. The number of hydrogen-bond acceptors (Lipinski definition) is 1. The van der Waals surface area contributed by atoms with E-state index in [2.05, 4.69) is 224 Å². The lowest BCUT2D eigenvalue weighted by Crippen LogP contribution is -2.28. The van der Waals surface area contributed by atoms with Gasteiger partial charge in [-0.3, -0.25) is 0 Å². The summed E-state index contributed by atoms with van der Waals surface area (Å²) in [6, 6.07) is 77.0. The zero-order valence-corrected chi connectivity index (χ0v) is 31.8. The quantitative estimate of drug-likeness (QED) is 0.158. The highest BCUT2D eigenvalue weighted by atomic mass is 35.5. The van der Waals surface area contributed by atoms with Gasteiger partial charge in [-0.15, -0.1) is 0 Å². The van der Waals surface area contributed by atoms with Crippen LogP contribution in [0.4, 0.5) is 17.1 Å². The van der Waals surface area contributed by atoms with E-state index >= 15 is 0 Å². The standard InChI is InChI=1S/C54H38ClN/c1-37-21-26-45(27-22-37)54(44-17-7-3-8-18-44)52-35-42(25-30-50(52)51-33-40-15-11-12-16-41(40)34-53(51)54)43-31-46(55)36-49(32-43)56(47-19-9-4-10-20-47)48-28-23-39(24-29-48)38-13-5-2-6-14-38/h2-36H,1H3. The topological polar surface area (TPSA) is 3.24 Å². The molecule has 0 spiro atoms. The van der Waals surface area contributed by atoms with Crippen molar-refractivity contribution >= 4 is 39.4 Å². The third-order valence-corrected chi connectivity index (χ3v) is 11.6. The van der Waals surface area contributed by atoms with Gasteiger partial charge in [0.15, 0.2) is 0 Å². The number of halogens is 1. The van der Waals surface area contributed by atoms with Crippen molar-refractivity contribution < 1.29 is 0 Å². The average molecular weight is 736 g/mol. The number of rotatable bonds is 7. The monoisotopic (exact) mass is 735 g/mol. The Bertz CT molecular complexity index is 2850. The van der Waals surface area contributed by atoms with Crippen LogP contribution in [0.25, 0.3) is 44.2 Å². The molecule has 0 N–H and O–H groups in total. The van der Waals surface area contributed by atoms with Crippen LogP contribution in [0.3, 0.4) is 0 Å². The van der Waals surface area contributed by atoms with Gasteiger partial charge in [-0.25, -0.2) is 0 Å². The summed E-state index contributed by atoms with van der Waals surface area (Å²) in [6.45, 7) is 2.16. The second-order valence-electron chi connectivity index (χ2n) is 14.8. The van der Waals surface area contributed by atoms with Gasteiger partial charge in [-0.1, -0.05) is 169 Å². The van der Waals surface area contributed by atoms with E-state index in [1.54, 1.807) is 0 Å². The third-order valence-electron chi connectivity index (χ3n) is 11.4. The van der Waals surface area contributed by atoms with Crippen LogP contribution in [0, 0.1) is 6.92 Å². The number of benzene rings is 9. The summed E-state index contributed by atoms with van der Waals surface area (Å²) in [4.78, 5) is 2.29. The molecule has 0 aliphatic heterocycles. The second-order valence-corrected chi connectivity index (χ2v) is 15.2. The van der Waals surface area contributed by atoms with Crippen molar-refractivity contribution in [2.75, 3.05) is 4.90 Å². The lowest BCUT2D eigenvalue weighted by molar-refractivity contribution is 0.769. The molecule has 0 bridgehead atoms. The van der Waals surface area contributed by atoms with Crippen molar-refractivity contribution in [1.29, 1.82) is 0 Å². The minimum atomic E-state index is -0.530. The van der Waals surface area contributed by atoms with Gasteiger partial charge in [0.2, 0.25) is 0 Å². The van der Waals surface area contributed by atoms with Crippen LogP contribution in [0.1, 0.15) is 27.8 Å². The van der Waals surface area contributed by atoms with E-state index in [1.165, 1.54) is 60.8 Å². The molecule has 0 heterocycles. The van der Waals surface area contributed by atoms with Gasteiger partial charge >= 0.3 is 0 Å². The highest BCUT2D eigenvalue weighted by Gasteiger charge is 2.46. The number of aryl methyl sites for hydroxylation is 1. The van der Waals surface area contributed by atoms with E-state index in [0.717, 1.165) is 28.2 Å². The van der Waals surface area contributed by atoms with Crippen molar-refractivity contribution in [2.24, 2.45) is 0 Å². The molecule has 0 saturated heterocycles. The fraction of sp³-hybridized carbons (Fsp3) is 0.0370. The van der Waals surface area contributed by atoms with E-state index < -0.39 is 5.41 Å². The molecule has 266 valence electrons. The number of hydrogen-bond donors (Lipinski definition) is 0. The zero-order chi connectivity index (χ0) is 37.6. The predicted molar refractivity (Wildman–Crippen MR) is 237 cm³/mol. The molecular formula is C54H38ClN. The van der Waals surface area contributed by atoms with Crippen LogP contribution in [-0.4, -0.2) is 0 Å². The summed E-state index contributed by atoms with van der Waals surface area (Å²) in [5.74, 6) is 0. The minimum Gasteiger partial charge on any atom is -0.310 e. The Labute approximate surface area is 333 Å². The molecule has 1 unspecified atom stereocenters. The van der Waals surface area contributed by atoms with Gasteiger partial charge in [-0.05, 0) is 134 Å². The lowest BCUT2D eigenvalue weighted by Gasteiger charge is -2.34. The Morgan fingerprint density at radius 3 is 1.64 bits per heavy atom. The molecule has 0 fully saturated rings. The molecule has 9 aromatic rings. The molecule has 0 aromatic heterocycles. The molecular weight excluding hydrogens is 698 g/mol. The van der Waals surface area contributed by atoms with Gasteiger partial charge in [0.05, 0.1) is 5.41 Å². The lowest BCUT2D eigenvalue weighted by atomic mass is 9.67. The molecule has 0 saturated carbocycles. The summed E-state index contributed by atoms with van der Waals surface area (Å²) in [6.07, 6.45) is 0. The Morgan fingerprint density at radius 1 is 0.375 bits per heavy atom. The summed E-state index contributed by atoms with van der Waals surface area (Å²) in [7, 11) is 0. The second kappa shape index (κ2) is 13.9. The van der Waals surface area contributed by atoms with Gasteiger partial charge < -0.3 is 4.90 Å². The van der Waals surface area contributed by atoms with Crippen molar-refractivity contribution in [2.45, 2.75) is 12.3 Å². The highest BCUT2D eigenvalue weighted by molar-refractivity contribution is 6.31. The van der Waals surface area contributed by atoms with E-state index in [9.17, 15) is 0 Å². The van der Waals surface area contributed by atoms with E-state index in [1.807, 2.05) is 0 Å². The molecule has 0 radical (unpaired) electrons. The molecule has 1 nitrogen and oxygen atoms in total. The third kappa shape index (κ3) is 5.71. The van der Waals surface area contributed by atoms with Crippen molar-refractivity contribution in [3.63, 3.8) is 0 Å². The van der Waals surface area contributed by atoms with E-state index in [-0.39, 0.29) is 0 Å². The van der Waals surface area contributed by atoms with Gasteiger partial charge in [0, 0.05) is 22.1 Å². The zero-order valence-electron chi connectivity index (χ0n) is 31.0. The fourth-order valence-electron chi connectivity index (χ4n) is 8.80. The molecule has 0 amide bonds. The molecule has 1 aliphatic rings. The molecule has 9 aromatic carbocycles. The maximum Gasteiger partial charge on any atom is 0.0714 e. The Hall–Kier alpha value is -6.67. The maximum absolute atomic E-state index is 7.11. The molecule has 2 heteroatoms. The van der Waals surface area contributed by atoms with Crippen LogP contribution < -0.4 is 4.90 Å². The average Bonchev–Trinajstić information content (AvgIpc) is 3.53. The highest BCUT2D eigenvalue weighted by Crippen LogP contribution is 2.57. The van der Waals surface area contributed by atoms with Crippen molar-refractivity contribution in [3.05, 3.63) is 245 Å². The summed E-state index contributed by atoms with van der Waals surface area (Å²) in [5, 5.41) is 3.16. The SMILES string of the molecule is Cc1ccc(C2(c3ccccc3)c3cc(-c4cc(Cl)cc(N(c5ccccc5)c5ccc(-c6ccccc6)cc5)c4)ccc3-c3cc4ccccc4cc32)cc1. The predicted octanol–water partition coefficient (Wildman–Crippen LogP) is 15.0. The first-order chi connectivity index (χ1) is 27.6. The minimum absolute atomic E-state index is 0.530. The van der Waals surface area contributed by atoms with Crippen LogP contribution in [0.15, 0.2) is 212 Å². The smallest absolute Gasteiger partial charge is 0.0714 e. The molecule has 56 heavy (non-hydrogen) atoms. The first-order valence-electron chi connectivity index (χ1n) is 19.2. The fourth-order valence-corrected chi connectivity index (χ4v) is 9.02. The van der Waals surface area contributed by atoms with Crippen LogP contribution in [0.5, 0.6) is 0 Å². The molecule has 1 aliphatic carbocycles. The Morgan fingerprint density at radius 2 is 0.929 bits per heavy atom. The van der Waals surface area contributed by atoms with E-state index in [4.69, 9.17) is 11.6 Å². The number of nitrogens with zero attached hydrogens (tertiary/aromatic N) is 1. The van der Waals surface area contributed by atoms with E-state index in [0.29, 0.717) is 5.02 Å². The largest absolute Gasteiger partial charge is 0.310 e. The van der Waals surface area contributed by atoms with Gasteiger partial charge in [0.25, 0.3) is 0 Å². The Kier molecular flexibility index (Phi) is 8.39. The van der Waals surface area contributed by atoms with Crippen LogP contribution in [-0.2, 0) is 5.41 Å². The summed E-state index contributed by atoms with van der Waals surface area (Å²) >= 11 is 7.11. The summed E-state index contributed by atoms with van der Waals surface area (Å²) < 4.78 is 0. The number of anilines is 3.